The van der Waals surface area contributed by atoms with E-state index in [4.69, 9.17) is 4.74 Å². The molecule has 0 unspecified atom stereocenters. The Kier molecular flexibility index (Phi) is 6.20. The van der Waals surface area contributed by atoms with Gasteiger partial charge in [0, 0.05) is 19.3 Å². The van der Waals surface area contributed by atoms with Crippen LogP contribution in [0.15, 0.2) is 0 Å². The van der Waals surface area contributed by atoms with Crippen molar-refractivity contribution in [2.75, 3.05) is 19.8 Å². The van der Waals surface area contributed by atoms with Crippen molar-refractivity contribution in [2.45, 2.75) is 52.0 Å². The Balaban J connectivity index is 1.71. The second-order valence-corrected chi connectivity index (χ2v) is 4.66. The molecule has 0 bridgehead atoms. The van der Waals surface area contributed by atoms with Gasteiger partial charge in [-0.25, -0.2) is 0 Å². The van der Waals surface area contributed by atoms with Crippen molar-refractivity contribution in [3.05, 3.63) is 0 Å². The van der Waals surface area contributed by atoms with Gasteiger partial charge in [-0.3, -0.25) is 0 Å². The molecule has 2 nitrogen and oxygen atoms in total. The molecule has 0 heterocycles. The van der Waals surface area contributed by atoms with Crippen LogP contribution in [0.2, 0.25) is 0 Å². The first-order chi connectivity index (χ1) is 6.79. The van der Waals surface area contributed by atoms with Crippen LogP contribution in [0.1, 0.15) is 46.0 Å². The number of hydrogen-bond donors (Lipinski definition) is 1. The third-order valence-corrected chi connectivity index (χ3v) is 2.91. The van der Waals surface area contributed by atoms with Gasteiger partial charge in [-0.15, -0.1) is 0 Å². The van der Waals surface area contributed by atoms with Crippen LogP contribution >= 0.6 is 0 Å². The molecule has 0 aliphatic heterocycles. The highest BCUT2D eigenvalue weighted by Crippen LogP contribution is 2.28. The van der Waals surface area contributed by atoms with Crippen LogP contribution in [0.5, 0.6) is 0 Å². The molecule has 0 radical (unpaired) electrons. The van der Waals surface area contributed by atoms with Crippen LogP contribution in [0, 0.1) is 5.92 Å². The van der Waals surface area contributed by atoms with Gasteiger partial charge in [0.1, 0.15) is 0 Å². The first-order valence-electron chi connectivity index (χ1n) is 6.10. The predicted molar refractivity (Wildman–Crippen MR) is 60.5 cm³/mol. The Hall–Kier alpha value is -0.0800. The lowest BCUT2D eigenvalue weighted by Crippen LogP contribution is -2.24. The van der Waals surface area contributed by atoms with E-state index in [9.17, 15) is 0 Å². The number of rotatable bonds is 8. The summed E-state index contributed by atoms with van der Waals surface area (Å²) >= 11 is 0. The van der Waals surface area contributed by atoms with Gasteiger partial charge in [0.05, 0.1) is 0 Å². The fourth-order valence-electron chi connectivity index (χ4n) is 1.70. The molecule has 1 aliphatic carbocycles. The molecule has 14 heavy (non-hydrogen) atoms. The summed E-state index contributed by atoms with van der Waals surface area (Å²) in [5.74, 6) is 0.990. The average Bonchev–Trinajstić information content (AvgIpc) is 2.06. The van der Waals surface area contributed by atoms with E-state index < -0.39 is 0 Å². The lowest BCUT2D eigenvalue weighted by molar-refractivity contribution is 0.104. The summed E-state index contributed by atoms with van der Waals surface area (Å²) in [6.07, 6.45) is 6.76. The van der Waals surface area contributed by atoms with Crippen molar-refractivity contribution in [2.24, 2.45) is 5.92 Å². The summed E-state index contributed by atoms with van der Waals surface area (Å²) in [7, 11) is 0. The minimum Gasteiger partial charge on any atom is -0.381 e. The fourth-order valence-corrected chi connectivity index (χ4v) is 1.70. The van der Waals surface area contributed by atoms with Gasteiger partial charge in [0.2, 0.25) is 0 Å². The third-order valence-electron chi connectivity index (χ3n) is 2.91. The average molecular weight is 199 g/mol. The molecule has 1 N–H and O–H groups in total. The molecule has 0 amide bonds. The molecular weight excluding hydrogens is 174 g/mol. The van der Waals surface area contributed by atoms with Gasteiger partial charge in [0.25, 0.3) is 0 Å². The van der Waals surface area contributed by atoms with E-state index in [-0.39, 0.29) is 0 Å². The van der Waals surface area contributed by atoms with E-state index in [2.05, 4.69) is 19.2 Å². The molecule has 1 rings (SSSR count). The standard InChI is InChI=1S/C12H25NO/c1-11(2)13-8-4-9-14-10-7-12-5-3-6-12/h11-13H,3-10H2,1-2H3. The lowest BCUT2D eigenvalue weighted by Gasteiger charge is -2.24. The third kappa shape index (κ3) is 5.61. The minimum absolute atomic E-state index is 0.602. The van der Waals surface area contributed by atoms with Crippen LogP contribution in [0.4, 0.5) is 0 Å². The van der Waals surface area contributed by atoms with E-state index >= 15 is 0 Å². The van der Waals surface area contributed by atoms with Gasteiger partial charge in [0.15, 0.2) is 0 Å². The quantitative estimate of drug-likeness (QED) is 0.607. The molecule has 2 heteroatoms. The fraction of sp³-hybridized carbons (Fsp3) is 1.00. The van der Waals surface area contributed by atoms with Gasteiger partial charge >= 0.3 is 0 Å². The zero-order valence-electron chi connectivity index (χ0n) is 9.72. The maximum Gasteiger partial charge on any atom is 0.0478 e. The molecule has 0 saturated heterocycles. The molecule has 0 spiro atoms. The summed E-state index contributed by atoms with van der Waals surface area (Å²) in [5.41, 5.74) is 0. The van der Waals surface area contributed by atoms with Crippen molar-refractivity contribution in [3.63, 3.8) is 0 Å². The van der Waals surface area contributed by atoms with Gasteiger partial charge in [-0.2, -0.15) is 0 Å². The van der Waals surface area contributed by atoms with E-state index in [1.54, 1.807) is 0 Å². The molecule has 0 aromatic heterocycles. The Morgan fingerprint density at radius 3 is 2.64 bits per heavy atom. The Morgan fingerprint density at radius 2 is 2.07 bits per heavy atom. The smallest absolute Gasteiger partial charge is 0.0478 e. The van der Waals surface area contributed by atoms with Crippen molar-refractivity contribution in [1.29, 1.82) is 0 Å². The number of nitrogens with one attached hydrogen (secondary N) is 1. The zero-order chi connectivity index (χ0) is 10.2. The number of ether oxygens (including phenoxy) is 1. The highest BCUT2D eigenvalue weighted by molar-refractivity contribution is 4.68. The minimum atomic E-state index is 0.602. The van der Waals surface area contributed by atoms with Crippen LogP contribution in [0.3, 0.4) is 0 Å². The monoisotopic (exact) mass is 199 g/mol. The predicted octanol–water partition coefficient (Wildman–Crippen LogP) is 2.58. The Morgan fingerprint density at radius 1 is 1.29 bits per heavy atom. The van der Waals surface area contributed by atoms with E-state index in [1.807, 2.05) is 0 Å². The molecule has 1 saturated carbocycles. The summed E-state index contributed by atoms with van der Waals surface area (Å²) in [6, 6.07) is 0.602. The molecular formula is C12H25NO. The normalized spacial score (nSPS) is 17.4. The highest BCUT2D eigenvalue weighted by atomic mass is 16.5. The van der Waals surface area contributed by atoms with Crippen LogP contribution in [-0.2, 0) is 4.74 Å². The van der Waals surface area contributed by atoms with Crippen LogP contribution in [-0.4, -0.2) is 25.8 Å². The summed E-state index contributed by atoms with van der Waals surface area (Å²) < 4.78 is 5.58. The topological polar surface area (TPSA) is 21.3 Å². The first-order valence-corrected chi connectivity index (χ1v) is 6.10. The van der Waals surface area contributed by atoms with Gasteiger partial charge in [-0.1, -0.05) is 33.1 Å². The SMILES string of the molecule is CC(C)NCCCOCCC1CCC1. The molecule has 84 valence electrons. The van der Waals surface area contributed by atoms with Crippen molar-refractivity contribution in [3.8, 4) is 0 Å². The summed E-state index contributed by atoms with van der Waals surface area (Å²) in [6.45, 7) is 7.34. The molecule has 1 fully saturated rings. The van der Waals surface area contributed by atoms with Gasteiger partial charge in [-0.05, 0) is 25.3 Å². The maximum absolute atomic E-state index is 5.58. The summed E-state index contributed by atoms with van der Waals surface area (Å²) in [5, 5.41) is 3.39. The Bertz CT molecular complexity index is 132. The van der Waals surface area contributed by atoms with Crippen LogP contribution < -0.4 is 5.32 Å². The molecule has 0 aromatic rings. The van der Waals surface area contributed by atoms with E-state index in [0.29, 0.717) is 6.04 Å². The van der Waals surface area contributed by atoms with E-state index in [1.165, 1.54) is 25.7 Å². The lowest BCUT2D eigenvalue weighted by atomic mass is 9.83. The van der Waals surface area contributed by atoms with Crippen molar-refractivity contribution < 1.29 is 4.74 Å². The largest absolute Gasteiger partial charge is 0.381 e. The highest BCUT2D eigenvalue weighted by Gasteiger charge is 2.16. The van der Waals surface area contributed by atoms with Crippen molar-refractivity contribution >= 4 is 0 Å². The first kappa shape index (κ1) is 12.0. The van der Waals surface area contributed by atoms with Crippen LogP contribution in [0.25, 0.3) is 0 Å². The Labute approximate surface area is 88.4 Å². The summed E-state index contributed by atoms with van der Waals surface area (Å²) in [4.78, 5) is 0. The molecule has 0 atom stereocenters. The van der Waals surface area contributed by atoms with Gasteiger partial charge < -0.3 is 10.1 Å². The maximum atomic E-state index is 5.58. The zero-order valence-corrected chi connectivity index (χ0v) is 9.72. The van der Waals surface area contributed by atoms with Crippen molar-refractivity contribution in [1.82, 2.24) is 5.32 Å². The second kappa shape index (κ2) is 7.24. The molecule has 1 aliphatic rings. The van der Waals surface area contributed by atoms with E-state index in [0.717, 1.165) is 32.1 Å². The number of hydrogen-bond acceptors (Lipinski definition) is 2. The second-order valence-electron chi connectivity index (χ2n) is 4.66. The molecule has 0 aromatic carbocycles.